The number of benzene rings is 4. The van der Waals surface area contributed by atoms with Crippen molar-refractivity contribution in [2.75, 3.05) is 0 Å². The number of hydrogen-bond acceptors (Lipinski definition) is 2. The second-order valence-corrected chi connectivity index (χ2v) is 7.35. The smallest absolute Gasteiger partial charge is 0.129 e. The topological polar surface area (TPSA) is 25.8 Å². The molecule has 0 aliphatic heterocycles. The Morgan fingerprint density at radius 3 is 1.80 bits per heavy atom. The van der Waals surface area contributed by atoms with Crippen LogP contribution in [0.1, 0.15) is 12.7 Å². The van der Waals surface area contributed by atoms with Gasteiger partial charge in [-0.05, 0) is 16.7 Å². The number of aryl methyl sites for hydroxylation is 1. The van der Waals surface area contributed by atoms with E-state index in [2.05, 4.69) is 97.9 Å². The van der Waals surface area contributed by atoms with Crippen molar-refractivity contribution < 1.29 is 0 Å². The van der Waals surface area contributed by atoms with Gasteiger partial charge in [-0.25, -0.2) is 9.97 Å². The monoisotopic (exact) mass is 386 g/mol. The molecule has 0 radical (unpaired) electrons. The Morgan fingerprint density at radius 1 is 0.533 bits per heavy atom. The molecule has 1 aromatic heterocycles. The summed E-state index contributed by atoms with van der Waals surface area (Å²) < 4.78 is 0. The number of fused-ring (bicyclic) bond motifs is 1. The lowest BCUT2D eigenvalue weighted by Gasteiger charge is -2.12. The highest BCUT2D eigenvalue weighted by Crippen LogP contribution is 2.33. The van der Waals surface area contributed by atoms with Gasteiger partial charge in [-0.1, -0.05) is 110 Å². The van der Waals surface area contributed by atoms with Crippen molar-refractivity contribution in [2.24, 2.45) is 0 Å². The summed E-state index contributed by atoms with van der Waals surface area (Å²) in [6.45, 7) is 2.10. The number of rotatable bonds is 4. The molecule has 2 nitrogen and oxygen atoms in total. The van der Waals surface area contributed by atoms with Gasteiger partial charge in [-0.15, -0.1) is 0 Å². The van der Waals surface area contributed by atoms with E-state index in [-0.39, 0.29) is 0 Å². The molecule has 0 unspecified atom stereocenters. The van der Waals surface area contributed by atoms with Crippen LogP contribution in [0.5, 0.6) is 0 Å². The Balaban J connectivity index is 1.67. The molecule has 2 heteroatoms. The van der Waals surface area contributed by atoms with Gasteiger partial charge in [0.25, 0.3) is 0 Å². The van der Waals surface area contributed by atoms with Crippen LogP contribution >= 0.6 is 0 Å². The van der Waals surface area contributed by atoms with Crippen LogP contribution in [0.4, 0.5) is 0 Å². The molecule has 0 aliphatic rings. The maximum Gasteiger partial charge on any atom is 0.129 e. The van der Waals surface area contributed by atoms with E-state index < -0.39 is 0 Å². The lowest BCUT2D eigenvalue weighted by molar-refractivity contribution is 0.964. The molecule has 0 spiro atoms. The number of hydrogen-bond donors (Lipinski definition) is 0. The average molecular weight is 386 g/mol. The lowest BCUT2D eigenvalue weighted by Crippen LogP contribution is -1.98. The van der Waals surface area contributed by atoms with E-state index in [1.807, 2.05) is 12.1 Å². The highest BCUT2D eigenvalue weighted by molar-refractivity contribution is 6.00. The van der Waals surface area contributed by atoms with Crippen LogP contribution in [-0.4, -0.2) is 9.97 Å². The van der Waals surface area contributed by atoms with E-state index >= 15 is 0 Å². The van der Waals surface area contributed by atoms with Crippen molar-refractivity contribution in [1.29, 1.82) is 0 Å². The van der Waals surface area contributed by atoms with E-state index in [0.717, 1.165) is 40.0 Å². The van der Waals surface area contributed by atoms with Gasteiger partial charge in [0.2, 0.25) is 0 Å². The van der Waals surface area contributed by atoms with Crippen LogP contribution in [0.15, 0.2) is 103 Å². The SMILES string of the molecule is CCc1nc(-c2ccccc2)c2cccc(-c3ccc(-c4ccccc4)cc3)c2n1. The zero-order chi connectivity index (χ0) is 20.3. The van der Waals surface area contributed by atoms with E-state index in [4.69, 9.17) is 9.97 Å². The first-order chi connectivity index (χ1) is 14.8. The van der Waals surface area contributed by atoms with Crippen molar-refractivity contribution in [3.63, 3.8) is 0 Å². The standard InChI is InChI=1S/C28H22N2/c1-2-26-29-27(23-12-7-4-8-13-23)25-15-9-14-24(28(25)30-26)22-18-16-21(17-19-22)20-10-5-3-6-11-20/h3-19H,2H2,1H3. The maximum absolute atomic E-state index is 4.93. The molecule has 0 bridgehead atoms. The van der Waals surface area contributed by atoms with Crippen molar-refractivity contribution in [3.8, 4) is 33.5 Å². The lowest BCUT2D eigenvalue weighted by atomic mass is 9.97. The fraction of sp³-hybridized carbons (Fsp3) is 0.0714. The highest BCUT2D eigenvalue weighted by Gasteiger charge is 2.13. The Hall–Kier alpha value is -3.78. The van der Waals surface area contributed by atoms with E-state index in [0.29, 0.717) is 0 Å². The van der Waals surface area contributed by atoms with Gasteiger partial charge in [0, 0.05) is 22.9 Å². The first-order valence-electron chi connectivity index (χ1n) is 10.3. The Kier molecular flexibility index (Phi) is 4.82. The van der Waals surface area contributed by atoms with Gasteiger partial charge in [0.1, 0.15) is 5.82 Å². The predicted octanol–water partition coefficient (Wildman–Crippen LogP) is 7.19. The summed E-state index contributed by atoms with van der Waals surface area (Å²) in [4.78, 5) is 9.79. The summed E-state index contributed by atoms with van der Waals surface area (Å²) in [6, 6.07) is 36.0. The highest BCUT2D eigenvalue weighted by atomic mass is 14.9. The van der Waals surface area contributed by atoms with Crippen molar-refractivity contribution in [3.05, 3.63) is 109 Å². The Labute approximate surface area is 176 Å². The maximum atomic E-state index is 4.93. The average Bonchev–Trinajstić information content (AvgIpc) is 2.84. The van der Waals surface area contributed by atoms with Crippen LogP contribution in [0, 0.1) is 0 Å². The van der Waals surface area contributed by atoms with Gasteiger partial charge >= 0.3 is 0 Å². The zero-order valence-corrected chi connectivity index (χ0v) is 16.9. The van der Waals surface area contributed by atoms with E-state index in [9.17, 15) is 0 Å². The van der Waals surface area contributed by atoms with Gasteiger partial charge in [-0.3, -0.25) is 0 Å². The molecule has 5 aromatic rings. The number of nitrogens with zero attached hydrogens (tertiary/aromatic N) is 2. The Bertz CT molecular complexity index is 1290. The molecule has 0 atom stereocenters. The van der Waals surface area contributed by atoms with Gasteiger partial charge < -0.3 is 0 Å². The minimum atomic E-state index is 0.803. The molecule has 30 heavy (non-hydrogen) atoms. The molecule has 0 fully saturated rings. The Morgan fingerprint density at radius 2 is 1.13 bits per heavy atom. The third kappa shape index (κ3) is 3.37. The summed E-state index contributed by atoms with van der Waals surface area (Å²) in [5.41, 5.74) is 7.88. The van der Waals surface area contributed by atoms with Gasteiger partial charge in [0.15, 0.2) is 0 Å². The van der Waals surface area contributed by atoms with E-state index in [1.165, 1.54) is 16.7 Å². The van der Waals surface area contributed by atoms with Crippen LogP contribution in [0.25, 0.3) is 44.4 Å². The largest absolute Gasteiger partial charge is 0.232 e. The van der Waals surface area contributed by atoms with Crippen LogP contribution in [0.3, 0.4) is 0 Å². The summed E-state index contributed by atoms with van der Waals surface area (Å²) in [6.07, 6.45) is 0.803. The molecule has 0 saturated heterocycles. The molecular weight excluding hydrogens is 364 g/mol. The summed E-state index contributed by atoms with van der Waals surface area (Å²) >= 11 is 0. The molecule has 0 saturated carbocycles. The fourth-order valence-electron chi connectivity index (χ4n) is 3.88. The molecule has 0 amide bonds. The molecule has 4 aromatic carbocycles. The van der Waals surface area contributed by atoms with Crippen molar-refractivity contribution >= 4 is 10.9 Å². The first kappa shape index (κ1) is 18.3. The van der Waals surface area contributed by atoms with Gasteiger partial charge in [0.05, 0.1) is 11.2 Å². The normalized spacial score (nSPS) is 11.0. The second-order valence-electron chi connectivity index (χ2n) is 7.35. The number of aromatic nitrogens is 2. The number of para-hydroxylation sites is 1. The van der Waals surface area contributed by atoms with Crippen molar-refractivity contribution in [1.82, 2.24) is 9.97 Å². The minimum Gasteiger partial charge on any atom is -0.232 e. The predicted molar refractivity (Wildman–Crippen MR) is 125 cm³/mol. The fourth-order valence-corrected chi connectivity index (χ4v) is 3.88. The van der Waals surface area contributed by atoms with Crippen LogP contribution in [0.2, 0.25) is 0 Å². The quantitative estimate of drug-likeness (QED) is 0.326. The molecule has 0 aliphatic carbocycles. The summed E-state index contributed by atoms with van der Waals surface area (Å²) in [5, 5.41) is 1.09. The van der Waals surface area contributed by atoms with Crippen molar-refractivity contribution in [2.45, 2.75) is 13.3 Å². The third-order valence-electron chi connectivity index (χ3n) is 5.44. The van der Waals surface area contributed by atoms with Gasteiger partial charge in [-0.2, -0.15) is 0 Å². The summed E-state index contributed by atoms with van der Waals surface area (Å²) in [7, 11) is 0. The molecule has 5 rings (SSSR count). The molecule has 1 heterocycles. The minimum absolute atomic E-state index is 0.803. The third-order valence-corrected chi connectivity index (χ3v) is 5.44. The molecule has 0 N–H and O–H groups in total. The van der Waals surface area contributed by atoms with E-state index in [1.54, 1.807) is 0 Å². The zero-order valence-electron chi connectivity index (χ0n) is 16.9. The second kappa shape index (κ2) is 7.92. The summed E-state index contributed by atoms with van der Waals surface area (Å²) in [5.74, 6) is 0.870. The van der Waals surface area contributed by atoms with Crippen LogP contribution in [-0.2, 0) is 6.42 Å². The molecular formula is C28H22N2. The first-order valence-corrected chi connectivity index (χ1v) is 10.3. The van der Waals surface area contributed by atoms with Crippen LogP contribution < -0.4 is 0 Å². The molecule has 144 valence electrons.